The number of nitrogens with two attached hydrogens (primary N) is 1. The first-order valence-corrected chi connectivity index (χ1v) is 6.13. The standard InChI is InChI=1S/C14H18N2O2/c1-2-13-10(6-8-18-13)14(17)11(9-15)12-5-3-4-7-16-12/h3-8,11,14,17H,2,9,15H2,1H3. The van der Waals surface area contributed by atoms with Crippen LogP contribution in [0, 0.1) is 0 Å². The summed E-state index contributed by atoms with van der Waals surface area (Å²) >= 11 is 0. The zero-order valence-corrected chi connectivity index (χ0v) is 10.4. The van der Waals surface area contributed by atoms with Crippen molar-refractivity contribution in [2.75, 3.05) is 6.54 Å². The van der Waals surface area contributed by atoms with Gasteiger partial charge in [-0.15, -0.1) is 0 Å². The number of furan rings is 1. The minimum Gasteiger partial charge on any atom is -0.469 e. The fourth-order valence-corrected chi connectivity index (χ4v) is 2.12. The summed E-state index contributed by atoms with van der Waals surface area (Å²) in [7, 11) is 0. The van der Waals surface area contributed by atoms with Crippen LogP contribution in [-0.4, -0.2) is 16.6 Å². The summed E-state index contributed by atoms with van der Waals surface area (Å²) in [4.78, 5) is 4.27. The Kier molecular flexibility index (Phi) is 4.12. The van der Waals surface area contributed by atoms with E-state index >= 15 is 0 Å². The number of aromatic nitrogens is 1. The number of pyridine rings is 1. The number of hydrogen-bond donors (Lipinski definition) is 2. The molecule has 4 heteroatoms. The molecule has 0 radical (unpaired) electrons. The maximum atomic E-state index is 10.5. The van der Waals surface area contributed by atoms with E-state index in [2.05, 4.69) is 4.98 Å². The Labute approximate surface area is 106 Å². The molecule has 2 atom stereocenters. The molecular formula is C14H18N2O2. The molecule has 2 unspecified atom stereocenters. The maximum absolute atomic E-state index is 10.5. The molecule has 3 N–H and O–H groups in total. The highest BCUT2D eigenvalue weighted by Crippen LogP contribution is 2.31. The second-order valence-electron chi connectivity index (χ2n) is 4.19. The third-order valence-corrected chi connectivity index (χ3v) is 3.12. The van der Waals surface area contributed by atoms with Crippen molar-refractivity contribution in [3.05, 3.63) is 53.7 Å². The van der Waals surface area contributed by atoms with E-state index in [1.54, 1.807) is 18.5 Å². The Balaban J connectivity index is 2.28. The van der Waals surface area contributed by atoms with E-state index < -0.39 is 6.10 Å². The van der Waals surface area contributed by atoms with Crippen LogP contribution in [0.25, 0.3) is 0 Å². The maximum Gasteiger partial charge on any atom is 0.109 e. The minimum atomic E-state index is -0.682. The Bertz CT molecular complexity index is 482. The van der Waals surface area contributed by atoms with Gasteiger partial charge in [0.2, 0.25) is 0 Å². The number of aliphatic hydroxyl groups excluding tert-OH is 1. The quantitative estimate of drug-likeness (QED) is 0.846. The highest BCUT2D eigenvalue weighted by molar-refractivity contribution is 5.25. The molecule has 0 aliphatic carbocycles. The highest BCUT2D eigenvalue weighted by Gasteiger charge is 2.25. The van der Waals surface area contributed by atoms with E-state index in [0.29, 0.717) is 6.54 Å². The predicted molar refractivity (Wildman–Crippen MR) is 69.1 cm³/mol. The zero-order chi connectivity index (χ0) is 13.0. The number of aliphatic hydroxyl groups is 1. The van der Waals surface area contributed by atoms with Gasteiger partial charge < -0.3 is 15.3 Å². The van der Waals surface area contributed by atoms with Crippen molar-refractivity contribution in [2.45, 2.75) is 25.4 Å². The average molecular weight is 246 g/mol. The normalized spacial score (nSPS) is 14.4. The Morgan fingerprint density at radius 1 is 1.39 bits per heavy atom. The molecular weight excluding hydrogens is 228 g/mol. The summed E-state index contributed by atoms with van der Waals surface area (Å²) in [6, 6.07) is 7.42. The largest absolute Gasteiger partial charge is 0.469 e. The van der Waals surface area contributed by atoms with Crippen molar-refractivity contribution >= 4 is 0 Å². The zero-order valence-electron chi connectivity index (χ0n) is 10.4. The van der Waals surface area contributed by atoms with Crippen molar-refractivity contribution < 1.29 is 9.52 Å². The Morgan fingerprint density at radius 2 is 2.22 bits per heavy atom. The predicted octanol–water partition coefficient (Wildman–Crippen LogP) is 2.01. The molecule has 18 heavy (non-hydrogen) atoms. The molecule has 0 aromatic carbocycles. The van der Waals surface area contributed by atoms with Gasteiger partial charge in [-0.3, -0.25) is 4.98 Å². The fraction of sp³-hybridized carbons (Fsp3) is 0.357. The highest BCUT2D eigenvalue weighted by atomic mass is 16.3. The van der Waals surface area contributed by atoms with Crippen LogP contribution >= 0.6 is 0 Å². The molecule has 0 aliphatic rings. The lowest BCUT2D eigenvalue weighted by molar-refractivity contribution is 0.143. The number of aryl methyl sites for hydroxylation is 1. The van der Waals surface area contributed by atoms with Gasteiger partial charge >= 0.3 is 0 Å². The van der Waals surface area contributed by atoms with Crippen molar-refractivity contribution in [3.8, 4) is 0 Å². The van der Waals surface area contributed by atoms with Crippen LogP contribution in [0.3, 0.4) is 0 Å². The van der Waals surface area contributed by atoms with Crippen LogP contribution in [0.2, 0.25) is 0 Å². The minimum absolute atomic E-state index is 0.214. The van der Waals surface area contributed by atoms with Crippen molar-refractivity contribution in [3.63, 3.8) is 0 Å². The van der Waals surface area contributed by atoms with Crippen LogP contribution in [0.5, 0.6) is 0 Å². The van der Waals surface area contributed by atoms with Crippen LogP contribution in [-0.2, 0) is 6.42 Å². The van der Waals surface area contributed by atoms with E-state index in [1.807, 2.05) is 25.1 Å². The van der Waals surface area contributed by atoms with E-state index in [0.717, 1.165) is 23.4 Å². The molecule has 0 fully saturated rings. The topological polar surface area (TPSA) is 72.3 Å². The summed E-state index contributed by atoms with van der Waals surface area (Å²) in [5.74, 6) is 0.589. The molecule has 0 bridgehead atoms. The second-order valence-corrected chi connectivity index (χ2v) is 4.19. The molecule has 0 amide bonds. The number of rotatable bonds is 5. The SMILES string of the molecule is CCc1occc1C(O)C(CN)c1ccccn1. The summed E-state index contributed by atoms with van der Waals surface area (Å²) < 4.78 is 5.34. The van der Waals surface area contributed by atoms with E-state index in [9.17, 15) is 5.11 Å². The van der Waals surface area contributed by atoms with Crippen LogP contribution in [0.1, 0.15) is 36.0 Å². The van der Waals surface area contributed by atoms with Crippen molar-refractivity contribution in [2.24, 2.45) is 5.73 Å². The van der Waals surface area contributed by atoms with E-state index in [-0.39, 0.29) is 5.92 Å². The molecule has 0 spiro atoms. The lowest BCUT2D eigenvalue weighted by Crippen LogP contribution is -2.21. The molecule has 2 heterocycles. The molecule has 0 saturated carbocycles. The Hall–Kier alpha value is -1.65. The summed E-state index contributed by atoms with van der Waals surface area (Å²) in [5, 5.41) is 10.5. The summed E-state index contributed by atoms with van der Waals surface area (Å²) in [6.45, 7) is 2.33. The molecule has 4 nitrogen and oxygen atoms in total. The molecule has 2 aromatic heterocycles. The van der Waals surface area contributed by atoms with Crippen LogP contribution in [0.4, 0.5) is 0 Å². The van der Waals surface area contributed by atoms with Gasteiger partial charge in [0.05, 0.1) is 12.4 Å². The lowest BCUT2D eigenvalue weighted by Gasteiger charge is -2.20. The molecule has 0 saturated heterocycles. The lowest BCUT2D eigenvalue weighted by atomic mass is 9.92. The van der Waals surface area contributed by atoms with Gasteiger partial charge in [0.25, 0.3) is 0 Å². The van der Waals surface area contributed by atoms with Gasteiger partial charge in [0.15, 0.2) is 0 Å². The van der Waals surface area contributed by atoms with Gasteiger partial charge in [-0.25, -0.2) is 0 Å². The van der Waals surface area contributed by atoms with E-state index in [4.69, 9.17) is 10.2 Å². The summed E-state index contributed by atoms with van der Waals surface area (Å²) in [5.41, 5.74) is 7.38. The van der Waals surface area contributed by atoms with Crippen molar-refractivity contribution in [1.82, 2.24) is 4.98 Å². The molecule has 2 aromatic rings. The average Bonchev–Trinajstić information content (AvgIpc) is 2.89. The fourth-order valence-electron chi connectivity index (χ4n) is 2.12. The molecule has 0 aliphatic heterocycles. The van der Waals surface area contributed by atoms with Gasteiger partial charge in [-0.2, -0.15) is 0 Å². The first-order valence-electron chi connectivity index (χ1n) is 6.13. The van der Waals surface area contributed by atoms with Crippen molar-refractivity contribution in [1.29, 1.82) is 0 Å². The molecule has 2 rings (SSSR count). The van der Waals surface area contributed by atoms with E-state index in [1.165, 1.54) is 0 Å². The van der Waals surface area contributed by atoms with Crippen LogP contribution in [0.15, 0.2) is 41.1 Å². The second kappa shape index (κ2) is 5.80. The smallest absolute Gasteiger partial charge is 0.109 e. The molecule has 96 valence electrons. The Morgan fingerprint density at radius 3 is 2.83 bits per heavy atom. The number of nitrogens with zero attached hydrogens (tertiary/aromatic N) is 1. The third kappa shape index (κ3) is 2.44. The van der Waals surface area contributed by atoms with Crippen LogP contribution < -0.4 is 5.73 Å². The van der Waals surface area contributed by atoms with Gasteiger partial charge in [0.1, 0.15) is 5.76 Å². The first-order chi connectivity index (χ1) is 8.77. The third-order valence-electron chi connectivity index (χ3n) is 3.12. The summed E-state index contributed by atoms with van der Waals surface area (Å²) in [6.07, 6.45) is 3.38. The van der Waals surface area contributed by atoms with Gasteiger partial charge in [0, 0.05) is 36.3 Å². The van der Waals surface area contributed by atoms with Gasteiger partial charge in [-0.1, -0.05) is 13.0 Å². The monoisotopic (exact) mass is 246 g/mol. The number of hydrogen-bond acceptors (Lipinski definition) is 4. The first kappa shape index (κ1) is 12.8. The van der Waals surface area contributed by atoms with Gasteiger partial charge in [-0.05, 0) is 18.2 Å².